The highest BCUT2D eigenvalue weighted by molar-refractivity contribution is 6.44. The van der Waals surface area contributed by atoms with E-state index in [2.05, 4.69) is 20.8 Å². The summed E-state index contributed by atoms with van der Waals surface area (Å²) in [6.45, 7) is 6.21. The maximum absolute atomic E-state index is 13.3. The van der Waals surface area contributed by atoms with Gasteiger partial charge < -0.3 is 9.84 Å². The minimum Gasteiger partial charge on any atom is -0.458 e. The van der Waals surface area contributed by atoms with Crippen molar-refractivity contribution in [2.75, 3.05) is 6.61 Å². The summed E-state index contributed by atoms with van der Waals surface area (Å²) < 4.78 is 5.46. The number of aliphatic hydroxyl groups is 1. The van der Waals surface area contributed by atoms with E-state index < -0.39 is 34.1 Å². The largest absolute Gasteiger partial charge is 0.458 e. The minimum atomic E-state index is -1.01. The van der Waals surface area contributed by atoms with E-state index in [1.54, 1.807) is 0 Å². The number of hydrogen-bond acceptors (Lipinski definition) is 7. The number of aliphatic hydroxyl groups excluding tert-OH is 1. The van der Waals surface area contributed by atoms with E-state index in [9.17, 15) is 29.6 Å². The lowest BCUT2D eigenvalue weighted by atomic mass is 9.41. The number of Topliss-reactive ketones (excluding diaryl/α,β-unsaturated/α-hetero) is 2. The summed E-state index contributed by atoms with van der Waals surface area (Å²) in [7, 11) is 0. The van der Waals surface area contributed by atoms with Crippen molar-refractivity contribution in [2.24, 2.45) is 28.1 Å². The van der Waals surface area contributed by atoms with Gasteiger partial charge in [-0.25, -0.2) is 4.79 Å². The molecule has 5 atom stereocenters. The molecule has 8 nitrogen and oxygen atoms in total. The van der Waals surface area contributed by atoms with Gasteiger partial charge >= 0.3 is 5.97 Å². The van der Waals surface area contributed by atoms with Crippen LogP contribution in [0.1, 0.15) is 56.8 Å². The Labute approximate surface area is 203 Å². The van der Waals surface area contributed by atoms with Crippen LogP contribution in [-0.4, -0.2) is 40.3 Å². The summed E-state index contributed by atoms with van der Waals surface area (Å²) in [6.07, 6.45) is 5.99. The van der Waals surface area contributed by atoms with E-state index in [4.69, 9.17) is 4.74 Å². The number of ketones is 2. The number of nitrogens with zero attached hydrogens (tertiary/aromatic N) is 1. The highest BCUT2D eigenvalue weighted by Crippen LogP contribution is 2.67. The molecule has 2 unspecified atom stereocenters. The number of ether oxygens (including phenoxy) is 1. The molecule has 2 fully saturated rings. The van der Waals surface area contributed by atoms with Gasteiger partial charge in [0.05, 0.1) is 27.9 Å². The molecule has 8 heteroatoms. The van der Waals surface area contributed by atoms with Crippen LogP contribution in [0.4, 0.5) is 5.69 Å². The Hall–Kier alpha value is -3.13. The van der Waals surface area contributed by atoms with Crippen molar-refractivity contribution in [3.8, 4) is 0 Å². The summed E-state index contributed by atoms with van der Waals surface area (Å²) >= 11 is 0. The smallest absolute Gasteiger partial charge is 0.338 e. The molecule has 184 valence electrons. The Morgan fingerprint density at radius 3 is 2.49 bits per heavy atom. The standard InChI is InChI=1S/C27H29NO7/c1-25(2)19-8-11-27-13-16(14-35-24(32)15-4-6-17(7-5-15)28(33)34)18(22(30)23(27)31)12-20(27)26(19,3)10-9-21(25)29/h4-7,12-13,18-19,21,29H,8-11,14H2,1-3H3/t18-,19?,21?,26-,27-/m0/s1. The molecule has 0 radical (unpaired) electrons. The van der Waals surface area contributed by atoms with Crippen molar-refractivity contribution >= 4 is 23.2 Å². The number of carbonyl (C=O) groups excluding carboxylic acids is 3. The van der Waals surface area contributed by atoms with Gasteiger partial charge in [0.1, 0.15) is 6.61 Å². The Kier molecular flexibility index (Phi) is 5.18. The summed E-state index contributed by atoms with van der Waals surface area (Å²) in [4.78, 5) is 49.2. The van der Waals surface area contributed by atoms with Crippen molar-refractivity contribution in [1.29, 1.82) is 0 Å². The number of nitro groups is 1. The first-order valence-electron chi connectivity index (χ1n) is 12.0. The molecule has 2 saturated carbocycles. The number of allylic oxidation sites excluding steroid dienone is 3. The van der Waals surface area contributed by atoms with Crippen LogP contribution < -0.4 is 0 Å². The Balaban J connectivity index is 1.42. The van der Waals surface area contributed by atoms with Crippen molar-refractivity contribution in [2.45, 2.75) is 52.6 Å². The molecule has 1 aromatic rings. The van der Waals surface area contributed by atoms with Gasteiger partial charge in [-0.05, 0) is 65.7 Å². The number of hydrogen-bond donors (Lipinski definition) is 1. The van der Waals surface area contributed by atoms with E-state index in [0.717, 1.165) is 12.0 Å². The third-order valence-electron chi connectivity index (χ3n) is 9.15. The average Bonchev–Trinajstić information content (AvgIpc) is 2.83. The Morgan fingerprint density at radius 1 is 1.14 bits per heavy atom. The Bertz CT molecular complexity index is 1210. The Morgan fingerprint density at radius 2 is 1.83 bits per heavy atom. The van der Waals surface area contributed by atoms with Crippen LogP contribution >= 0.6 is 0 Å². The lowest BCUT2D eigenvalue weighted by molar-refractivity contribution is -0.384. The average molecular weight is 480 g/mol. The van der Waals surface area contributed by atoms with Gasteiger partial charge in [-0.3, -0.25) is 19.7 Å². The van der Waals surface area contributed by atoms with Crippen molar-refractivity contribution in [3.05, 3.63) is 63.2 Å². The first-order valence-corrected chi connectivity index (χ1v) is 12.0. The molecule has 0 heterocycles. The second-order valence-corrected chi connectivity index (χ2v) is 11.2. The fraction of sp³-hybridized carbons (Fsp3) is 0.519. The summed E-state index contributed by atoms with van der Waals surface area (Å²) in [5.74, 6) is -2.06. The molecule has 0 aromatic heterocycles. The van der Waals surface area contributed by atoms with Gasteiger partial charge in [0, 0.05) is 12.1 Å². The van der Waals surface area contributed by atoms with E-state index in [1.165, 1.54) is 24.3 Å². The molecular weight excluding hydrogens is 450 g/mol. The quantitative estimate of drug-likeness (QED) is 0.228. The maximum atomic E-state index is 13.3. The lowest BCUT2D eigenvalue weighted by Gasteiger charge is -2.62. The third kappa shape index (κ3) is 3.26. The molecule has 2 bridgehead atoms. The highest BCUT2D eigenvalue weighted by atomic mass is 16.6. The fourth-order valence-electron chi connectivity index (χ4n) is 7.22. The van der Waals surface area contributed by atoms with Crippen molar-refractivity contribution in [1.82, 2.24) is 0 Å². The maximum Gasteiger partial charge on any atom is 0.338 e. The summed E-state index contributed by atoms with van der Waals surface area (Å²) in [6, 6.07) is 5.12. The lowest BCUT2D eigenvalue weighted by Crippen LogP contribution is -2.60. The third-order valence-corrected chi connectivity index (χ3v) is 9.15. The zero-order valence-corrected chi connectivity index (χ0v) is 20.1. The number of esters is 1. The molecule has 0 amide bonds. The van der Waals surface area contributed by atoms with E-state index in [0.29, 0.717) is 24.8 Å². The summed E-state index contributed by atoms with van der Waals surface area (Å²) in [5, 5.41) is 21.5. The molecule has 1 N–H and O–H groups in total. The zero-order valence-electron chi connectivity index (χ0n) is 20.1. The monoisotopic (exact) mass is 479 g/mol. The van der Waals surface area contributed by atoms with E-state index >= 15 is 0 Å². The number of rotatable bonds is 4. The first-order chi connectivity index (χ1) is 16.4. The molecule has 0 saturated heterocycles. The SMILES string of the molecule is CC1(C)C(O)CC[C@]2(C)C3=C[C@@H]4C(=O)C(=O)[C@]3(C=C4COC(=O)c3ccc([N+](=O)[O-])cc3)CCC12. The van der Waals surface area contributed by atoms with Crippen LogP contribution in [0.15, 0.2) is 47.6 Å². The van der Waals surface area contributed by atoms with E-state index in [-0.39, 0.29) is 40.4 Å². The first kappa shape index (κ1) is 23.6. The second-order valence-electron chi connectivity index (χ2n) is 11.2. The van der Waals surface area contributed by atoms with Gasteiger partial charge in [0.15, 0.2) is 0 Å². The van der Waals surface area contributed by atoms with Crippen LogP contribution in [0.3, 0.4) is 0 Å². The van der Waals surface area contributed by atoms with Crippen molar-refractivity contribution < 1.29 is 29.2 Å². The zero-order chi connectivity index (χ0) is 25.3. The van der Waals surface area contributed by atoms with Gasteiger partial charge in [-0.2, -0.15) is 0 Å². The topological polar surface area (TPSA) is 124 Å². The molecule has 5 aliphatic rings. The number of non-ortho nitro benzene ring substituents is 1. The minimum absolute atomic E-state index is 0.128. The highest BCUT2D eigenvalue weighted by Gasteiger charge is 2.64. The number of benzene rings is 1. The number of fused-ring (bicyclic) bond motifs is 2. The molecular formula is C27H29NO7. The van der Waals surface area contributed by atoms with Gasteiger partial charge in [0.25, 0.3) is 5.69 Å². The fourth-order valence-corrected chi connectivity index (χ4v) is 7.22. The molecule has 6 rings (SSSR count). The van der Waals surface area contributed by atoms with Crippen LogP contribution in [-0.2, 0) is 14.3 Å². The van der Waals surface area contributed by atoms with Crippen LogP contribution in [0.25, 0.3) is 0 Å². The van der Waals surface area contributed by atoms with Gasteiger partial charge in [0.2, 0.25) is 11.6 Å². The van der Waals surface area contributed by atoms with Gasteiger partial charge in [-0.15, -0.1) is 0 Å². The van der Waals surface area contributed by atoms with Crippen LogP contribution in [0.2, 0.25) is 0 Å². The predicted molar refractivity (Wildman–Crippen MR) is 125 cm³/mol. The summed E-state index contributed by atoms with van der Waals surface area (Å²) in [5.41, 5.74) is 0.0261. The predicted octanol–water partition coefficient (Wildman–Crippen LogP) is 3.97. The molecule has 5 aliphatic carbocycles. The second kappa shape index (κ2) is 7.68. The van der Waals surface area contributed by atoms with E-state index in [1.807, 2.05) is 12.2 Å². The molecule has 1 aromatic carbocycles. The van der Waals surface area contributed by atoms with Gasteiger partial charge in [-0.1, -0.05) is 32.9 Å². The molecule has 1 spiro atoms. The van der Waals surface area contributed by atoms with Crippen LogP contribution in [0, 0.1) is 38.2 Å². The molecule has 0 aliphatic heterocycles. The number of carbonyl (C=O) groups is 3. The number of nitro benzene ring substituents is 1. The normalized spacial score (nSPS) is 34.9. The molecule has 35 heavy (non-hydrogen) atoms. The van der Waals surface area contributed by atoms with Crippen molar-refractivity contribution in [3.63, 3.8) is 0 Å². The van der Waals surface area contributed by atoms with Crippen LogP contribution in [0.5, 0.6) is 0 Å².